The molecule has 0 aliphatic carbocycles. The second kappa shape index (κ2) is 9.23. The van der Waals surface area contributed by atoms with Gasteiger partial charge in [-0.25, -0.2) is 0 Å². The van der Waals surface area contributed by atoms with Gasteiger partial charge < -0.3 is 9.84 Å². The average molecular weight is 311 g/mol. The van der Waals surface area contributed by atoms with Crippen molar-refractivity contribution in [1.82, 2.24) is 4.98 Å². The molecule has 122 valence electrons. The van der Waals surface area contributed by atoms with Crippen molar-refractivity contribution in [3.05, 3.63) is 71.1 Å². The third-order valence-electron chi connectivity index (χ3n) is 3.65. The number of pyridine rings is 1. The molecule has 0 aliphatic heterocycles. The van der Waals surface area contributed by atoms with Gasteiger partial charge in [0, 0.05) is 19.0 Å². The van der Waals surface area contributed by atoms with Crippen molar-refractivity contribution in [2.24, 2.45) is 0 Å². The summed E-state index contributed by atoms with van der Waals surface area (Å²) in [6.45, 7) is 4.81. The molecule has 0 aliphatic rings. The molecular formula is C20H25NO2. The molecule has 0 saturated carbocycles. The number of benzene rings is 1. The van der Waals surface area contributed by atoms with Crippen LogP contribution < -0.4 is 0 Å². The van der Waals surface area contributed by atoms with Crippen LogP contribution in [0.2, 0.25) is 0 Å². The number of hydrogen-bond acceptors (Lipinski definition) is 3. The molecule has 0 fully saturated rings. The Labute approximate surface area is 138 Å². The van der Waals surface area contributed by atoms with E-state index in [0.29, 0.717) is 13.0 Å². The van der Waals surface area contributed by atoms with Gasteiger partial charge in [0.2, 0.25) is 0 Å². The first-order valence-electron chi connectivity index (χ1n) is 8.05. The summed E-state index contributed by atoms with van der Waals surface area (Å²) in [5.41, 5.74) is 4.85. The second-order valence-corrected chi connectivity index (χ2v) is 5.90. The molecule has 3 heteroatoms. The van der Waals surface area contributed by atoms with E-state index >= 15 is 0 Å². The fraction of sp³-hybridized carbons (Fsp3) is 0.350. The van der Waals surface area contributed by atoms with Crippen LogP contribution in [0.1, 0.15) is 37.0 Å². The normalized spacial score (nSPS) is 13.1. The molecule has 0 bridgehead atoms. The highest BCUT2D eigenvalue weighted by Gasteiger charge is 2.01. The largest absolute Gasteiger partial charge is 0.396 e. The second-order valence-electron chi connectivity index (χ2n) is 5.90. The third kappa shape index (κ3) is 6.35. The lowest BCUT2D eigenvalue weighted by Crippen LogP contribution is -2.11. The smallest absolute Gasteiger partial charge is 0.0680 e. The summed E-state index contributed by atoms with van der Waals surface area (Å²) in [4.78, 5) is 4.15. The lowest BCUT2D eigenvalue weighted by molar-refractivity contribution is 0.0632. The van der Waals surface area contributed by atoms with Gasteiger partial charge in [-0.1, -0.05) is 36.4 Å². The molecule has 0 amide bonds. The van der Waals surface area contributed by atoms with Crippen LogP contribution in [-0.2, 0) is 11.2 Å². The number of aliphatic hydroxyl groups excluding tert-OH is 1. The van der Waals surface area contributed by atoms with Gasteiger partial charge in [0.1, 0.15) is 0 Å². The van der Waals surface area contributed by atoms with E-state index in [-0.39, 0.29) is 12.7 Å². The van der Waals surface area contributed by atoms with E-state index in [2.05, 4.69) is 48.3 Å². The summed E-state index contributed by atoms with van der Waals surface area (Å²) in [7, 11) is 0. The molecule has 3 nitrogen and oxygen atoms in total. The zero-order chi connectivity index (χ0) is 16.5. The first-order chi connectivity index (χ1) is 11.2. The van der Waals surface area contributed by atoms with E-state index in [4.69, 9.17) is 9.84 Å². The number of ether oxygens (including phenoxy) is 1. The summed E-state index contributed by atoms with van der Waals surface area (Å²) in [5, 5.41) is 8.87. The minimum Gasteiger partial charge on any atom is -0.396 e. The highest BCUT2D eigenvalue weighted by molar-refractivity contribution is 5.53. The van der Waals surface area contributed by atoms with Crippen molar-refractivity contribution in [3.8, 4) is 0 Å². The van der Waals surface area contributed by atoms with E-state index in [9.17, 15) is 0 Å². The van der Waals surface area contributed by atoms with Gasteiger partial charge in [-0.2, -0.15) is 0 Å². The maximum Gasteiger partial charge on any atom is 0.0680 e. The topological polar surface area (TPSA) is 42.4 Å². The van der Waals surface area contributed by atoms with Crippen molar-refractivity contribution >= 4 is 6.08 Å². The van der Waals surface area contributed by atoms with Crippen molar-refractivity contribution in [2.75, 3.05) is 13.2 Å². The number of rotatable bonds is 8. The molecule has 0 spiro atoms. The highest BCUT2D eigenvalue weighted by Crippen LogP contribution is 2.13. The van der Waals surface area contributed by atoms with Crippen LogP contribution in [0.4, 0.5) is 0 Å². The number of nitrogens with zero attached hydrogens (tertiary/aromatic N) is 1. The van der Waals surface area contributed by atoms with Gasteiger partial charge in [-0.15, -0.1) is 0 Å². The van der Waals surface area contributed by atoms with Crippen molar-refractivity contribution < 1.29 is 9.84 Å². The van der Waals surface area contributed by atoms with Gasteiger partial charge in [0.05, 0.1) is 12.7 Å². The Balaban J connectivity index is 1.90. The highest BCUT2D eigenvalue weighted by atomic mass is 16.5. The SMILES string of the molecule is C/C(=C\c1ccc(Cc2cccnc2)cc1)COC(C)CCO. The maximum absolute atomic E-state index is 8.87. The molecule has 2 aromatic rings. The Morgan fingerprint density at radius 1 is 1.22 bits per heavy atom. The van der Waals surface area contributed by atoms with E-state index in [1.165, 1.54) is 22.3 Å². The molecule has 1 aromatic carbocycles. The van der Waals surface area contributed by atoms with Crippen molar-refractivity contribution in [2.45, 2.75) is 32.8 Å². The third-order valence-corrected chi connectivity index (χ3v) is 3.65. The van der Waals surface area contributed by atoms with Gasteiger partial charge in [0.15, 0.2) is 0 Å². The van der Waals surface area contributed by atoms with Crippen molar-refractivity contribution in [3.63, 3.8) is 0 Å². The van der Waals surface area contributed by atoms with Crippen LogP contribution in [0.5, 0.6) is 0 Å². The molecule has 1 heterocycles. The predicted molar refractivity (Wildman–Crippen MR) is 94.3 cm³/mol. The van der Waals surface area contributed by atoms with Gasteiger partial charge in [-0.3, -0.25) is 4.98 Å². The first-order valence-corrected chi connectivity index (χ1v) is 8.05. The predicted octanol–water partition coefficient (Wildman–Crippen LogP) is 3.86. The summed E-state index contributed by atoms with van der Waals surface area (Å²) in [6.07, 6.45) is 7.51. The summed E-state index contributed by atoms with van der Waals surface area (Å²) >= 11 is 0. The zero-order valence-electron chi connectivity index (χ0n) is 13.9. The van der Waals surface area contributed by atoms with Crippen LogP contribution in [0.25, 0.3) is 6.08 Å². The molecule has 1 N–H and O–H groups in total. The van der Waals surface area contributed by atoms with Gasteiger partial charge in [0.25, 0.3) is 0 Å². The Morgan fingerprint density at radius 2 is 2.00 bits per heavy atom. The summed E-state index contributed by atoms with van der Waals surface area (Å²) in [6, 6.07) is 12.6. The van der Waals surface area contributed by atoms with E-state index < -0.39 is 0 Å². The summed E-state index contributed by atoms with van der Waals surface area (Å²) < 4.78 is 5.68. The number of aliphatic hydroxyl groups is 1. The lowest BCUT2D eigenvalue weighted by Gasteiger charge is -2.11. The average Bonchev–Trinajstić information content (AvgIpc) is 2.56. The minimum absolute atomic E-state index is 0.0882. The van der Waals surface area contributed by atoms with Crippen LogP contribution in [0.15, 0.2) is 54.4 Å². The van der Waals surface area contributed by atoms with Crippen LogP contribution in [-0.4, -0.2) is 29.4 Å². The lowest BCUT2D eigenvalue weighted by atomic mass is 10.0. The quantitative estimate of drug-likeness (QED) is 0.805. The molecule has 1 aromatic heterocycles. The Kier molecular flexibility index (Phi) is 6.98. The van der Waals surface area contributed by atoms with Crippen molar-refractivity contribution in [1.29, 1.82) is 0 Å². The van der Waals surface area contributed by atoms with E-state index in [1.54, 1.807) is 6.20 Å². The molecule has 1 unspecified atom stereocenters. The number of aromatic nitrogens is 1. The Hall–Kier alpha value is -1.97. The molecule has 2 rings (SSSR count). The molecule has 0 saturated heterocycles. The molecule has 0 radical (unpaired) electrons. The fourth-order valence-corrected chi connectivity index (χ4v) is 2.34. The van der Waals surface area contributed by atoms with Gasteiger partial charge >= 0.3 is 0 Å². The molecule has 1 atom stereocenters. The van der Waals surface area contributed by atoms with Crippen LogP contribution in [0, 0.1) is 0 Å². The minimum atomic E-state index is 0.0882. The van der Waals surface area contributed by atoms with E-state index in [1.807, 2.05) is 19.2 Å². The monoisotopic (exact) mass is 311 g/mol. The Bertz CT molecular complexity index is 605. The maximum atomic E-state index is 8.87. The number of hydrogen-bond donors (Lipinski definition) is 1. The van der Waals surface area contributed by atoms with Crippen LogP contribution in [0.3, 0.4) is 0 Å². The fourth-order valence-electron chi connectivity index (χ4n) is 2.34. The van der Waals surface area contributed by atoms with E-state index in [0.717, 1.165) is 6.42 Å². The Morgan fingerprint density at radius 3 is 2.65 bits per heavy atom. The van der Waals surface area contributed by atoms with Gasteiger partial charge in [-0.05, 0) is 55.0 Å². The standard InChI is InChI=1S/C20H25NO2/c1-16(15-23-17(2)9-11-22)12-18-5-7-19(8-6-18)13-20-4-3-10-21-14-20/h3-8,10,12,14,17,22H,9,11,13,15H2,1-2H3/b16-12+. The summed E-state index contributed by atoms with van der Waals surface area (Å²) in [5.74, 6) is 0. The molecular weight excluding hydrogens is 286 g/mol. The molecule has 23 heavy (non-hydrogen) atoms. The van der Waals surface area contributed by atoms with Crippen LogP contribution >= 0.6 is 0 Å². The zero-order valence-corrected chi connectivity index (χ0v) is 13.9. The first kappa shape index (κ1) is 17.4.